The maximum atomic E-state index is 12.2. The zero-order valence-corrected chi connectivity index (χ0v) is 10.5. The van der Waals surface area contributed by atoms with E-state index in [-0.39, 0.29) is 12.8 Å². The van der Waals surface area contributed by atoms with Gasteiger partial charge in [0.2, 0.25) is 0 Å². The lowest BCUT2D eigenvalue weighted by Gasteiger charge is -2.12. The van der Waals surface area contributed by atoms with Crippen LogP contribution in [0.25, 0.3) is 0 Å². The normalized spacial score (nSPS) is 14.7. The number of terminal acetylenes is 1. The lowest BCUT2D eigenvalue weighted by molar-refractivity contribution is -0.160. The van der Waals surface area contributed by atoms with Crippen molar-refractivity contribution in [3.05, 3.63) is 0 Å². The van der Waals surface area contributed by atoms with Gasteiger partial charge in [-0.05, 0) is 12.8 Å². The van der Waals surface area contributed by atoms with E-state index < -0.39 is 30.5 Å². The van der Waals surface area contributed by atoms with Crippen molar-refractivity contribution < 1.29 is 31.9 Å². The minimum Gasteiger partial charge on any atom is -0.440 e. The van der Waals surface area contributed by atoms with Gasteiger partial charge in [-0.2, -0.15) is 17.6 Å². The van der Waals surface area contributed by atoms with Gasteiger partial charge in [-0.25, -0.2) is 4.79 Å². The summed E-state index contributed by atoms with van der Waals surface area (Å²) >= 11 is 0. The third kappa shape index (κ3) is 8.02. The van der Waals surface area contributed by atoms with Gasteiger partial charge in [0.05, 0.1) is 0 Å². The molecule has 1 saturated carbocycles. The van der Waals surface area contributed by atoms with Crippen LogP contribution in [0.4, 0.5) is 22.4 Å². The van der Waals surface area contributed by atoms with Crippen LogP contribution in [-0.4, -0.2) is 30.5 Å². The molecule has 0 heterocycles. The molecule has 0 atom stereocenters. The number of alkyl carbamates (subject to hydrolysis) is 1. The molecule has 1 aliphatic rings. The number of carbonyl (C=O) groups is 2. The molecule has 8 heteroatoms. The summed E-state index contributed by atoms with van der Waals surface area (Å²) in [7, 11) is 0. The van der Waals surface area contributed by atoms with E-state index in [1.807, 2.05) is 13.8 Å². The van der Waals surface area contributed by atoms with Crippen molar-refractivity contribution >= 4 is 12.1 Å². The molecule has 0 spiro atoms. The Balaban J connectivity index is 0. The monoisotopic (exact) mass is 285 g/mol. The van der Waals surface area contributed by atoms with E-state index in [2.05, 4.69) is 17.6 Å². The maximum absolute atomic E-state index is 12.2. The molecule has 0 aromatic heterocycles. The van der Waals surface area contributed by atoms with Crippen molar-refractivity contribution in [3.8, 4) is 12.8 Å². The average molecular weight is 285 g/mol. The highest BCUT2D eigenvalue weighted by Gasteiger charge is 2.52. The van der Waals surface area contributed by atoms with Crippen LogP contribution in [-0.2, 0) is 9.53 Å². The van der Waals surface area contributed by atoms with Crippen LogP contribution < -0.4 is 5.32 Å². The topological polar surface area (TPSA) is 55.4 Å². The molecule has 1 amide bonds. The highest BCUT2D eigenvalue weighted by molar-refractivity contribution is 5.87. The fourth-order valence-corrected chi connectivity index (χ4v) is 0.875. The second-order valence-corrected chi connectivity index (χ2v) is 3.17. The number of rotatable bonds is 3. The molecule has 0 radical (unpaired) electrons. The molecule has 110 valence electrons. The Bertz CT molecular complexity index is 322. The van der Waals surface area contributed by atoms with Crippen LogP contribution in [0.5, 0.6) is 0 Å². The van der Waals surface area contributed by atoms with Gasteiger partial charge in [-0.15, -0.1) is 12.8 Å². The average Bonchev–Trinajstić information content (AvgIpc) is 3.12. The van der Waals surface area contributed by atoms with Gasteiger partial charge < -0.3 is 10.1 Å². The first-order valence-electron chi connectivity index (χ1n) is 5.30. The van der Waals surface area contributed by atoms with Gasteiger partial charge in [0.15, 0.2) is 6.61 Å². The number of alkyl halides is 3. The SMILES string of the molecule is C#C.CC.O=C(NC1(C(=O)F)CC1)OCC(F)(F)F. The molecule has 0 aromatic carbocycles. The van der Waals surface area contributed by atoms with E-state index in [9.17, 15) is 27.2 Å². The summed E-state index contributed by atoms with van der Waals surface area (Å²) in [5, 5.41) is 1.75. The number of hydrogen-bond acceptors (Lipinski definition) is 3. The first-order chi connectivity index (χ1) is 8.75. The van der Waals surface area contributed by atoms with Crippen molar-refractivity contribution in [1.29, 1.82) is 0 Å². The summed E-state index contributed by atoms with van der Waals surface area (Å²) in [4.78, 5) is 21.0. The first kappa shape index (κ1) is 19.6. The molecule has 0 bridgehead atoms. The molecule has 0 unspecified atom stereocenters. The zero-order valence-electron chi connectivity index (χ0n) is 10.5. The molecule has 0 saturated heterocycles. The van der Waals surface area contributed by atoms with Gasteiger partial charge in [-0.1, -0.05) is 13.8 Å². The predicted molar refractivity (Wildman–Crippen MR) is 59.9 cm³/mol. The van der Waals surface area contributed by atoms with Crippen LogP contribution >= 0.6 is 0 Å². The van der Waals surface area contributed by atoms with Crippen molar-refractivity contribution in [2.75, 3.05) is 6.61 Å². The molecule has 1 rings (SSSR count). The van der Waals surface area contributed by atoms with Crippen molar-refractivity contribution in [3.63, 3.8) is 0 Å². The molecular weight excluding hydrogens is 270 g/mol. The summed E-state index contributed by atoms with van der Waals surface area (Å²) in [6.07, 6.45) is 2.05. The maximum Gasteiger partial charge on any atom is 0.422 e. The quantitative estimate of drug-likeness (QED) is 0.492. The van der Waals surface area contributed by atoms with E-state index in [4.69, 9.17) is 0 Å². The van der Waals surface area contributed by atoms with Crippen molar-refractivity contribution in [2.45, 2.75) is 38.4 Å². The standard InChI is InChI=1S/C7H7F4NO3.C2H6.C2H2/c8-4(13)6(1-2-6)12-5(14)15-3-7(9,10)11;2*1-2/h1-3H2,(H,12,14);1-2H3;1-2H. The van der Waals surface area contributed by atoms with Gasteiger partial charge in [0.1, 0.15) is 5.54 Å². The van der Waals surface area contributed by atoms with Gasteiger partial charge >= 0.3 is 18.3 Å². The third-order valence-corrected chi connectivity index (χ3v) is 1.83. The van der Waals surface area contributed by atoms with Crippen molar-refractivity contribution in [2.24, 2.45) is 0 Å². The Labute approximate surface area is 108 Å². The Morgan fingerprint density at radius 3 is 1.95 bits per heavy atom. The number of carbonyl (C=O) groups excluding carboxylic acids is 2. The highest BCUT2D eigenvalue weighted by atomic mass is 19.4. The summed E-state index contributed by atoms with van der Waals surface area (Å²) < 4.78 is 50.7. The van der Waals surface area contributed by atoms with Crippen LogP contribution in [0.1, 0.15) is 26.7 Å². The Hall–Kier alpha value is -1.78. The van der Waals surface area contributed by atoms with E-state index in [0.717, 1.165) is 0 Å². The van der Waals surface area contributed by atoms with E-state index >= 15 is 0 Å². The summed E-state index contributed by atoms with van der Waals surface area (Å²) in [6, 6.07) is -1.77. The minimum atomic E-state index is -4.65. The Morgan fingerprint density at radius 1 is 1.26 bits per heavy atom. The fourth-order valence-electron chi connectivity index (χ4n) is 0.875. The summed E-state index contributed by atoms with van der Waals surface area (Å²) in [5.74, 6) is 0. The Morgan fingerprint density at radius 2 is 1.68 bits per heavy atom. The number of halogens is 4. The molecule has 19 heavy (non-hydrogen) atoms. The number of ether oxygens (including phenoxy) is 1. The molecule has 0 aromatic rings. The molecular formula is C11H15F4NO3. The van der Waals surface area contributed by atoms with E-state index in [1.165, 1.54) is 0 Å². The number of hydrogen-bond donors (Lipinski definition) is 1. The number of amides is 1. The van der Waals surface area contributed by atoms with Gasteiger partial charge in [0.25, 0.3) is 0 Å². The van der Waals surface area contributed by atoms with Crippen LogP contribution in [0, 0.1) is 12.8 Å². The van der Waals surface area contributed by atoms with Crippen LogP contribution in [0.2, 0.25) is 0 Å². The third-order valence-electron chi connectivity index (χ3n) is 1.83. The van der Waals surface area contributed by atoms with Gasteiger partial charge in [-0.3, -0.25) is 4.79 Å². The zero-order chi connectivity index (χ0) is 15.7. The van der Waals surface area contributed by atoms with Crippen LogP contribution in [0.15, 0.2) is 0 Å². The van der Waals surface area contributed by atoms with Crippen molar-refractivity contribution in [1.82, 2.24) is 5.32 Å². The lowest BCUT2D eigenvalue weighted by atomic mass is 10.3. The summed E-state index contributed by atoms with van der Waals surface area (Å²) in [5.41, 5.74) is -1.65. The Kier molecular flexibility index (Phi) is 8.59. The minimum absolute atomic E-state index is 0.0729. The van der Waals surface area contributed by atoms with E-state index in [0.29, 0.717) is 0 Å². The number of nitrogens with one attached hydrogen (secondary N) is 1. The molecule has 4 nitrogen and oxygen atoms in total. The first-order valence-corrected chi connectivity index (χ1v) is 5.30. The predicted octanol–water partition coefficient (Wildman–Crippen LogP) is 2.58. The largest absolute Gasteiger partial charge is 0.440 e. The summed E-state index contributed by atoms with van der Waals surface area (Å²) in [6.45, 7) is 2.23. The lowest BCUT2D eigenvalue weighted by Crippen LogP contribution is -2.42. The molecule has 0 aliphatic heterocycles. The van der Waals surface area contributed by atoms with Crippen LogP contribution in [0.3, 0.4) is 0 Å². The molecule has 1 N–H and O–H groups in total. The smallest absolute Gasteiger partial charge is 0.422 e. The molecule has 1 aliphatic carbocycles. The fraction of sp³-hybridized carbons (Fsp3) is 0.636. The molecule has 1 fully saturated rings. The van der Waals surface area contributed by atoms with Gasteiger partial charge in [0, 0.05) is 0 Å². The van der Waals surface area contributed by atoms with E-state index in [1.54, 1.807) is 5.32 Å². The second-order valence-electron chi connectivity index (χ2n) is 3.17. The highest BCUT2D eigenvalue weighted by Crippen LogP contribution is 2.36. The second kappa shape index (κ2) is 8.34.